The summed E-state index contributed by atoms with van der Waals surface area (Å²) in [6, 6.07) is 5.55. The van der Waals surface area contributed by atoms with Crippen molar-refractivity contribution in [3.63, 3.8) is 0 Å². The lowest BCUT2D eigenvalue weighted by molar-refractivity contribution is -0.139. The molecular weight excluding hydrogens is 354 g/mol. The second-order valence-corrected chi connectivity index (χ2v) is 6.10. The standard InChI is InChI=1S/C17H21N5O5/c1-4-21(3)17-19-16(20-22(17)14(23)10(2)15(24)25)18-8-11-5-6-12-13(7-11)27-9-26-12/h5-7,10H,4,8-9H2,1-3H3,(H,18,20)(H,24,25). The predicted octanol–water partition coefficient (Wildman–Crippen LogP) is 1.44. The SMILES string of the molecule is CCN(C)c1nc(NCc2ccc3c(c2)OCO3)nn1C(=O)C(C)C(=O)O. The highest BCUT2D eigenvalue weighted by Gasteiger charge is 2.27. The second kappa shape index (κ2) is 7.52. The Bertz CT molecular complexity index is 865. The van der Waals surface area contributed by atoms with Crippen molar-refractivity contribution in [2.45, 2.75) is 20.4 Å². The first-order valence-corrected chi connectivity index (χ1v) is 8.48. The van der Waals surface area contributed by atoms with E-state index in [-0.39, 0.29) is 18.7 Å². The summed E-state index contributed by atoms with van der Waals surface area (Å²) in [5.74, 6) is -1.21. The van der Waals surface area contributed by atoms with Crippen LogP contribution in [0, 0.1) is 5.92 Å². The number of hydrogen-bond acceptors (Lipinski definition) is 8. The average Bonchev–Trinajstić information content (AvgIpc) is 3.30. The van der Waals surface area contributed by atoms with Crippen LogP contribution in [-0.2, 0) is 11.3 Å². The van der Waals surface area contributed by atoms with Crippen LogP contribution in [0.25, 0.3) is 0 Å². The Kier molecular flexibility index (Phi) is 5.15. The number of rotatable bonds is 7. The Hall–Kier alpha value is -3.30. The second-order valence-electron chi connectivity index (χ2n) is 6.10. The number of benzene rings is 1. The van der Waals surface area contributed by atoms with E-state index in [4.69, 9.17) is 14.6 Å². The Morgan fingerprint density at radius 3 is 2.81 bits per heavy atom. The summed E-state index contributed by atoms with van der Waals surface area (Å²) in [4.78, 5) is 29.6. The minimum atomic E-state index is -1.22. The van der Waals surface area contributed by atoms with Gasteiger partial charge in [-0.05, 0) is 31.5 Å². The van der Waals surface area contributed by atoms with Gasteiger partial charge in [0.1, 0.15) is 5.92 Å². The Balaban J connectivity index is 1.79. The number of fused-ring (bicyclic) bond motifs is 1. The van der Waals surface area contributed by atoms with Crippen molar-refractivity contribution < 1.29 is 24.2 Å². The van der Waals surface area contributed by atoms with Gasteiger partial charge in [0.05, 0.1) is 0 Å². The molecule has 0 fully saturated rings. The van der Waals surface area contributed by atoms with E-state index in [1.54, 1.807) is 11.9 Å². The molecule has 0 saturated heterocycles. The molecule has 0 spiro atoms. The number of anilines is 2. The summed E-state index contributed by atoms with van der Waals surface area (Å²) in [5, 5.41) is 16.3. The molecule has 0 amide bonds. The van der Waals surface area contributed by atoms with Crippen molar-refractivity contribution in [3.8, 4) is 11.5 Å². The molecule has 2 aromatic rings. The number of nitrogens with zero attached hydrogens (tertiary/aromatic N) is 4. The lowest BCUT2D eigenvalue weighted by atomic mass is 10.2. The van der Waals surface area contributed by atoms with E-state index in [9.17, 15) is 9.59 Å². The summed E-state index contributed by atoms with van der Waals surface area (Å²) in [5.41, 5.74) is 0.922. The number of carbonyl (C=O) groups is 2. The normalized spacial score (nSPS) is 13.3. The van der Waals surface area contributed by atoms with Crippen LogP contribution in [-0.4, -0.2) is 52.1 Å². The highest BCUT2D eigenvalue weighted by Crippen LogP contribution is 2.32. The number of nitrogens with one attached hydrogen (secondary N) is 1. The zero-order chi connectivity index (χ0) is 19.6. The zero-order valence-corrected chi connectivity index (χ0v) is 15.3. The van der Waals surface area contributed by atoms with Crippen LogP contribution in [0.4, 0.5) is 11.9 Å². The van der Waals surface area contributed by atoms with Crippen LogP contribution >= 0.6 is 0 Å². The smallest absolute Gasteiger partial charge is 0.315 e. The molecule has 0 aliphatic carbocycles. The molecule has 0 saturated carbocycles. The lowest BCUT2D eigenvalue weighted by Crippen LogP contribution is -2.30. The molecule has 0 radical (unpaired) electrons. The van der Waals surface area contributed by atoms with Crippen molar-refractivity contribution >= 4 is 23.8 Å². The molecule has 10 heteroatoms. The molecule has 144 valence electrons. The number of carboxylic acids is 1. The summed E-state index contributed by atoms with van der Waals surface area (Å²) >= 11 is 0. The van der Waals surface area contributed by atoms with Crippen molar-refractivity contribution in [3.05, 3.63) is 23.8 Å². The third-order valence-corrected chi connectivity index (χ3v) is 4.24. The highest BCUT2D eigenvalue weighted by molar-refractivity contribution is 5.98. The van der Waals surface area contributed by atoms with E-state index in [2.05, 4.69) is 15.4 Å². The first-order valence-electron chi connectivity index (χ1n) is 8.48. The number of ether oxygens (including phenoxy) is 2. The van der Waals surface area contributed by atoms with Crippen LogP contribution in [0.3, 0.4) is 0 Å². The van der Waals surface area contributed by atoms with Gasteiger partial charge in [-0.25, -0.2) is 0 Å². The van der Waals surface area contributed by atoms with Crippen molar-refractivity contribution in [2.75, 3.05) is 30.6 Å². The van der Waals surface area contributed by atoms with E-state index >= 15 is 0 Å². The molecule has 1 aromatic heterocycles. The molecule has 27 heavy (non-hydrogen) atoms. The van der Waals surface area contributed by atoms with E-state index in [1.807, 2.05) is 25.1 Å². The van der Waals surface area contributed by atoms with Gasteiger partial charge < -0.3 is 24.8 Å². The molecule has 3 rings (SSSR count). The molecule has 2 N–H and O–H groups in total. The number of carbonyl (C=O) groups excluding carboxylic acids is 1. The van der Waals surface area contributed by atoms with Crippen LogP contribution in [0.5, 0.6) is 11.5 Å². The summed E-state index contributed by atoms with van der Waals surface area (Å²) in [7, 11) is 1.75. The molecule has 1 atom stereocenters. The van der Waals surface area contributed by atoms with Gasteiger partial charge in [-0.15, -0.1) is 5.10 Å². The highest BCUT2D eigenvalue weighted by atomic mass is 16.7. The van der Waals surface area contributed by atoms with Gasteiger partial charge in [-0.2, -0.15) is 9.67 Å². The average molecular weight is 375 g/mol. The van der Waals surface area contributed by atoms with Crippen LogP contribution in [0.2, 0.25) is 0 Å². The summed E-state index contributed by atoms with van der Waals surface area (Å²) in [6.45, 7) is 4.40. The molecule has 1 aromatic carbocycles. The van der Waals surface area contributed by atoms with Gasteiger partial charge >= 0.3 is 5.97 Å². The number of aliphatic carboxylic acids is 1. The Labute approximate surface area is 155 Å². The Morgan fingerprint density at radius 1 is 1.37 bits per heavy atom. The minimum absolute atomic E-state index is 0.203. The minimum Gasteiger partial charge on any atom is -0.481 e. The van der Waals surface area contributed by atoms with Gasteiger partial charge in [0, 0.05) is 20.1 Å². The van der Waals surface area contributed by atoms with Gasteiger partial charge in [0.2, 0.25) is 18.7 Å². The third kappa shape index (κ3) is 3.78. The van der Waals surface area contributed by atoms with E-state index in [0.717, 1.165) is 10.2 Å². The van der Waals surface area contributed by atoms with E-state index in [1.165, 1.54) is 6.92 Å². The predicted molar refractivity (Wildman–Crippen MR) is 96.3 cm³/mol. The van der Waals surface area contributed by atoms with Crippen molar-refractivity contribution in [1.82, 2.24) is 14.8 Å². The van der Waals surface area contributed by atoms with Crippen LogP contribution < -0.4 is 19.7 Å². The van der Waals surface area contributed by atoms with E-state index < -0.39 is 17.8 Å². The number of carboxylic acid groups (broad SMARTS) is 1. The fourth-order valence-electron chi connectivity index (χ4n) is 2.44. The molecular formula is C17H21N5O5. The third-order valence-electron chi connectivity index (χ3n) is 4.24. The van der Waals surface area contributed by atoms with Crippen molar-refractivity contribution in [2.24, 2.45) is 5.92 Å². The van der Waals surface area contributed by atoms with Gasteiger partial charge in [0.25, 0.3) is 5.91 Å². The molecule has 10 nitrogen and oxygen atoms in total. The number of hydrogen-bond donors (Lipinski definition) is 2. The maximum Gasteiger partial charge on any atom is 0.315 e. The molecule has 2 heterocycles. The van der Waals surface area contributed by atoms with Gasteiger partial charge in [-0.3, -0.25) is 9.59 Å². The maximum atomic E-state index is 12.4. The quantitative estimate of drug-likeness (QED) is 0.693. The molecule has 0 bridgehead atoms. The largest absolute Gasteiger partial charge is 0.481 e. The molecule has 1 unspecified atom stereocenters. The van der Waals surface area contributed by atoms with Crippen molar-refractivity contribution in [1.29, 1.82) is 0 Å². The number of aromatic nitrogens is 3. The maximum absolute atomic E-state index is 12.4. The van der Waals surface area contributed by atoms with E-state index in [0.29, 0.717) is 24.6 Å². The van der Waals surface area contributed by atoms with Crippen LogP contribution in [0.1, 0.15) is 24.2 Å². The fourth-order valence-corrected chi connectivity index (χ4v) is 2.44. The lowest BCUT2D eigenvalue weighted by Gasteiger charge is -2.15. The first kappa shape index (κ1) is 18.5. The fraction of sp³-hybridized carbons (Fsp3) is 0.412. The summed E-state index contributed by atoms with van der Waals surface area (Å²) in [6.07, 6.45) is 0. The summed E-state index contributed by atoms with van der Waals surface area (Å²) < 4.78 is 11.7. The Morgan fingerprint density at radius 2 is 2.11 bits per heavy atom. The topological polar surface area (TPSA) is 119 Å². The van der Waals surface area contributed by atoms with Crippen LogP contribution in [0.15, 0.2) is 18.2 Å². The van der Waals surface area contributed by atoms with Gasteiger partial charge in [-0.1, -0.05) is 6.07 Å². The first-order chi connectivity index (χ1) is 12.9. The monoisotopic (exact) mass is 375 g/mol. The molecule has 1 aliphatic rings. The van der Waals surface area contributed by atoms with Gasteiger partial charge in [0.15, 0.2) is 11.5 Å². The molecule has 1 aliphatic heterocycles. The zero-order valence-electron chi connectivity index (χ0n) is 15.3.